The van der Waals surface area contributed by atoms with Crippen molar-refractivity contribution in [3.63, 3.8) is 0 Å². The van der Waals surface area contributed by atoms with E-state index in [4.69, 9.17) is 0 Å². The van der Waals surface area contributed by atoms with Crippen molar-refractivity contribution in [2.75, 3.05) is 0 Å². The lowest BCUT2D eigenvalue weighted by Crippen LogP contribution is -2.41. The van der Waals surface area contributed by atoms with Crippen LogP contribution in [0.1, 0.15) is 30.6 Å². The molecule has 10 nitrogen and oxygen atoms in total. The number of amides is 1. The molecule has 1 aromatic heterocycles. The monoisotopic (exact) mass is 347 g/mol. The van der Waals surface area contributed by atoms with E-state index < -0.39 is 22.8 Å². The van der Waals surface area contributed by atoms with Crippen molar-refractivity contribution < 1.29 is 19.6 Å². The maximum Gasteiger partial charge on any atom is 0.326 e. The second-order valence-corrected chi connectivity index (χ2v) is 5.79. The van der Waals surface area contributed by atoms with Gasteiger partial charge in [0.1, 0.15) is 24.4 Å². The molecule has 2 N–H and O–H groups in total. The molecular weight excluding hydrogens is 330 g/mol. The topological polar surface area (TPSA) is 140 Å². The minimum atomic E-state index is -1.16. The van der Waals surface area contributed by atoms with Gasteiger partial charge in [-0.15, -0.1) is 0 Å². The van der Waals surface area contributed by atoms with Gasteiger partial charge in [-0.1, -0.05) is 13.8 Å². The van der Waals surface area contributed by atoms with Crippen LogP contribution in [0.4, 0.5) is 5.69 Å². The molecule has 0 aliphatic rings. The highest BCUT2D eigenvalue weighted by molar-refractivity contribution is 5.97. The molecule has 1 atom stereocenters. The van der Waals surface area contributed by atoms with Gasteiger partial charge in [0.25, 0.3) is 11.6 Å². The highest BCUT2D eigenvalue weighted by atomic mass is 16.6. The van der Waals surface area contributed by atoms with Gasteiger partial charge in [-0.3, -0.25) is 14.9 Å². The average molecular weight is 347 g/mol. The number of benzene rings is 1. The Balaban J connectivity index is 2.30. The minimum absolute atomic E-state index is 0.00873. The number of carbonyl (C=O) groups is 2. The molecule has 0 spiro atoms. The van der Waals surface area contributed by atoms with Crippen molar-refractivity contribution in [2.45, 2.75) is 26.3 Å². The van der Waals surface area contributed by atoms with Crippen LogP contribution < -0.4 is 5.32 Å². The first-order valence-corrected chi connectivity index (χ1v) is 7.46. The maximum atomic E-state index is 12.3. The first-order chi connectivity index (χ1) is 11.8. The Morgan fingerprint density at radius 2 is 2.12 bits per heavy atom. The number of nitro groups is 1. The molecule has 2 aromatic rings. The summed E-state index contributed by atoms with van der Waals surface area (Å²) in [6.45, 7) is 3.67. The molecule has 0 fully saturated rings. The summed E-state index contributed by atoms with van der Waals surface area (Å²) in [5.74, 6) is -1.79. The second kappa shape index (κ2) is 7.51. The van der Waals surface area contributed by atoms with E-state index in [0.29, 0.717) is 0 Å². The van der Waals surface area contributed by atoms with Gasteiger partial charge in [0, 0.05) is 11.6 Å². The van der Waals surface area contributed by atoms with Gasteiger partial charge in [0.2, 0.25) is 0 Å². The van der Waals surface area contributed by atoms with Crippen LogP contribution in [0.15, 0.2) is 30.9 Å². The van der Waals surface area contributed by atoms with Crippen LogP contribution in [0.5, 0.6) is 0 Å². The van der Waals surface area contributed by atoms with E-state index in [2.05, 4.69) is 15.4 Å². The summed E-state index contributed by atoms with van der Waals surface area (Å²) in [7, 11) is 0. The molecule has 0 saturated carbocycles. The molecule has 0 bridgehead atoms. The molecule has 1 amide bonds. The van der Waals surface area contributed by atoms with E-state index in [0.717, 1.165) is 6.07 Å². The Morgan fingerprint density at radius 3 is 2.64 bits per heavy atom. The first-order valence-electron chi connectivity index (χ1n) is 7.46. The summed E-state index contributed by atoms with van der Waals surface area (Å²) in [5.41, 5.74) is -0.199. The van der Waals surface area contributed by atoms with Gasteiger partial charge in [-0.05, 0) is 24.5 Å². The predicted octanol–water partition coefficient (Wildman–Crippen LogP) is 1.40. The lowest BCUT2D eigenvalue weighted by Gasteiger charge is -2.16. The molecule has 0 saturated heterocycles. The molecule has 1 aromatic carbocycles. The predicted molar refractivity (Wildman–Crippen MR) is 86.4 cm³/mol. The molecule has 10 heteroatoms. The van der Waals surface area contributed by atoms with Crippen molar-refractivity contribution in [3.8, 4) is 5.69 Å². The number of hydrogen-bond acceptors (Lipinski definition) is 6. The van der Waals surface area contributed by atoms with Crippen LogP contribution in [0.25, 0.3) is 5.69 Å². The Hall–Kier alpha value is -3.30. The average Bonchev–Trinajstić information content (AvgIpc) is 3.07. The molecule has 132 valence electrons. The van der Waals surface area contributed by atoms with E-state index in [1.165, 1.54) is 29.5 Å². The lowest BCUT2D eigenvalue weighted by molar-refractivity contribution is -0.384. The van der Waals surface area contributed by atoms with Gasteiger partial charge in [-0.2, -0.15) is 5.10 Å². The van der Waals surface area contributed by atoms with Gasteiger partial charge < -0.3 is 10.4 Å². The molecule has 0 radical (unpaired) electrons. The van der Waals surface area contributed by atoms with Crippen LogP contribution in [0.3, 0.4) is 0 Å². The number of nitrogens with one attached hydrogen (secondary N) is 1. The molecule has 25 heavy (non-hydrogen) atoms. The van der Waals surface area contributed by atoms with Gasteiger partial charge in [0.05, 0.1) is 4.92 Å². The molecule has 0 aliphatic carbocycles. The first kappa shape index (κ1) is 18.0. The van der Waals surface area contributed by atoms with E-state index >= 15 is 0 Å². The van der Waals surface area contributed by atoms with Crippen LogP contribution in [0, 0.1) is 16.0 Å². The standard InChI is InChI=1S/C15H17N5O5/c1-9(2)5-11(15(22)23)18-14(21)10-3-4-12(13(6-10)20(24)25)19-8-16-7-17-19/h3-4,6-9,11H,5H2,1-2H3,(H,18,21)(H,22,23)/t11-/m1/s1. The van der Waals surface area contributed by atoms with Crippen molar-refractivity contribution in [1.29, 1.82) is 0 Å². The van der Waals surface area contributed by atoms with Crippen molar-refractivity contribution in [2.24, 2.45) is 5.92 Å². The zero-order valence-corrected chi connectivity index (χ0v) is 13.6. The van der Waals surface area contributed by atoms with E-state index in [1.54, 1.807) is 0 Å². The number of hydrogen-bond donors (Lipinski definition) is 2. The zero-order chi connectivity index (χ0) is 18.6. The fraction of sp³-hybridized carbons (Fsp3) is 0.333. The largest absolute Gasteiger partial charge is 0.480 e. The van der Waals surface area contributed by atoms with E-state index in [9.17, 15) is 24.8 Å². The van der Waals surface area contributed by atoms with Crippen LogP contribution in [-0.2, 0) is 4.79 Å². The summed E-state index contributed by atoms with van der Waals surface area (Å²) >= 11 is 0. The molecular formula is C15H17N5O5. The Bertz CT molecular complexity index is 788. The highest BCUT2D eigenvalue weighted by Gasteiger charge is 2.24. The number of nitro benzene ring substituents is 1. The number of carbonyl (C=O) groups excluding carboxylic acids is 1. The van der Waals surface area contributed by atoms with Gasteiger partial charge >= 0.3 is 5.97 Å². The fourth-order valence-electron chi connectivity index (χ4n) is 2.27. The normalized spacial score (nSPS) is 12.0. The Kier molecular flexibility index (Phi) is 5.42. The Morgan fingerprint density at radius 1 is 1.40 bits per heavy atom. The quantitative estimate of drug-likeness (QED) is 0.570. The van der Waals surface area contributed by atoms with Gasteiger partial charge in [-0.25, -0.2) is 14.5 Å². The SMILES string of the molecule is CC(C)C[C@@H](NC(=O)c1ccc(-n2cncn2)c([N+](=O)[O-])c1)C(=O)O. The zero-order valence-electron chi connectivity index (χ0n) is 13.6. The van der Waals surface area contributed by atoms with Crippen molar-refractivity contribution in [1.82, 2.24) is 20.1 Å². The van der Waals surface area contributed by atoms with Crippen LogP contribution in [0.2, 0.25) is 0 Å². The minimum Gasteiger partial charge on any atom is -0.480 e. The molecule has 0 aliphatic heterocycles. The number of carboxylic acid groups (broad SMARTS) is 1. The fourth-order valence-corrected chi connectivity index (χ4v) is 2.27. The third-order valence-electron chi connectivity index (χ3n) is 3.41. The number of aliphatic carboxylic acids is 1. The van der Waals surface area contributed by atoms with Crippen molar-refractivity contribution >= 4 is 17.6 Å². The molecule has 2 rings (SSSR count). The summed E-state index contributed by atoms with van der Waals surface area (Å²) < 4.78 is 1.21. The third-order valence-corrected chi connectivity index (χ3v) is 3.41. The highest BCUT2D eigenvalue weighted by Crippen LogP contribution is 2.23. The van der Waals surface area contributed by atoms with E-state index in [-0.39, 0.29) is 29.3 Å². The van der Waals surface area contributed by atoms with E-state index in [1.807, 2.05) is 13.8 Å². The summed E-state index contributed by atoms with van der Waals surface area (Å²) in [6, 6.07) is 2.75. The number of rotatable bonds is 7. The van der Waals surface area contributed by atoms with Crippen LogP contribution in [-0.4, -0.2) is 42.7 Å². The summed E-state index contributed by atoms with van der Waals surface area (Å²) in [4.78, 5) is 37.9. The molecule has 0 unspecified atom stereocenters. The number of nitrogens with zero attached hydrogens (tertiary/aromatic N) is 4. The summed E-state index contributed by atoms with van der Waals surface area (Å²) in [6.07, 6.45) is 2.78. The van der Waals surface area contributed by atoms with Crippen molar-refractivity contribution in [3.05, 3.63) is 46.5 Å². The number of aromatic nitrogens is 3. The molecule has 1 heterocycles. The number of carboxylic acids is 1. The smallest absolute Gasteiger partial charge is 0.326 e. The van der Waals surface area contributed by atoms with Gasteiger partial charge in [0.15, 0.2) is 0 Å². The summed E-state index contributed by atoms with van der Waals surface area (Å²) in [5, 5.41) is 26.7. The third kappa shape index (κ3) is 4.37. The lowest BCUT2D eigenvalue weighted by atomic mass is 10.0. The van der Waals surface area contributed by atoms with Crippen LogP contribution >= 0.6 is 0 Å². The second-order valence-electron chi connectivity index (χ2n) is 5.79. The maximum absolute atomic E-state index is 12.3. The Labute approximate surface area is 142 Å².